The molecule has 5 nitrogen and oxygen atoms in total. The maximum atomic E-state index is 12.5. The summed E-state index contributed by atoms with van der Waals surface area (Å²) < 4.78 is 12.5. The molecule has 2 aromatic carbocycles. The predicted molar refractivity (Wildman–Crippen MR) is 109 cm³/mol. The third-order valence-electron chi connectivity index (χ3n) is 4.18. The van der Waals surface area contributed by atoms with Gasteiger partial charge in [0.2, 0.25) is 0 Å². The second kappa shape index (κ2) is 8.70. The molecule has 0 saturated heterocycles. The highest BCUT2D eigenvalue weighted by Crippen LogP contribution is 2.35. The van der Waals surface area contributed by atoms with Crippen LogP contribution in [-0.4, -0.2) is 38.4 Å². The Labute approximate surface area is 162 Å². The summed E-state index contributed by atoms with van der Waals surface area (Å²) in [7, 11) is -2.32. The molecular formula is C20H20NO4PS. The summed E-state index contributed by atoms with van der Waals surface area (Å²) in [5.74, 6) is -1.35. The molecule has 0 amide bonds. The van der Waals surface area contributed by atoms with Gasteiger partial charge >= 0.3 is 5.97 Å². The summed E-state index contributed by atoms with van der Waals surface area (Å²) in [4.78, 5) is 16.1. The minimum Gasteiger partial charge on any atom is -0.479 e. The van der Waals surface area contributed by atoms with E-state index < -0.39 is 19.4 Å². The van der Waals surface area contributed by atoms with Gasteiger partial charge in [0, 0.05) is 18.0 Å². The van der Waals surface area contributed by atoms with E-state index in [2.05, 4.69) is 4.98 Å². The van der Waals surface area contributed by atoms with Gasteiger partial charge < -0.3 is 14.8 Å². The van der Waals surface area contributed by atoms with Crippen LogP contribution in [-0.2, 0) is 15.8 Å². The maximum Gasteiger partial charge on any atom is 0.336 e. The molecule has 1 heterocycles. The zero-order chi connectivity index (χ0) is 19.3. The summed E-state index contributed by atoms with van der Waals surface area (Å²) in [6.07, 6.45) is -0.332. The number of hydrogen-bond acceptors (Lipinski definition) is 5. The highest BCUT2D eigenvalue weighted by atomic mass is 32.2. The van der Waals surface area contributed by atoms with Crippen molar-refractivity contribution in [1.82, 2.24) is 4.98 Å². The molecule has 140 valence electrons. The Hall–Kier alpha value is -2.14. The number of para-hydroxylation sites is 1. The fraction of sp³-hybridized carbons (Fsp3) is 0.200. The van der Waals surface area contributed by atoms with Crippen LogP contribution in [0.5, 0.6) is 0 Å². The molecule has 2 atom stereocenters. The molecule has 0 spiro atoms. The lowest BCUT2D eigenvalue weighted by Crippen LogP contribution is -2.43. The van der Waals surface area contributed by atoms with E-state index in [-0.39, 0.29) is 18.1 Å². The number of fused-ring (bicyclic) bond motifs is 1. The molecule has 0 aliphatic rings. The van der Waals surface area contributed by atoms with Gasteiger partial charge in [-0.2, -0.15) is 0 Å². The van der Waals surface area contributed by atoms with Crippen molar-refractivity contribution in [3.8, 4) is 0 Å². The van der Waals surface area contributed by atoms with Crippen molar-refractivity contribution in [2.24, 2.45) is 0 Å². The number of carboxylic acids is 1. The van der Waals surface area contributed by atoms with E-state index >= 15 is 0 Å². The number of thioether (sulfide) groups is 1. The van der Waals surface area contributed by atoms with Gasteiger partial charge in [-0.1, -0.05) is 66.4 Å². The lowest BCUT2D eigenvalue weighted by Gasteiger charge is -2.23. The number of benzene rings is 2. The Kier molecular flexibility index (Phi) is 6.32. The molecule has 0 fully saturated rings. The van der Waals surface area contributed by atoms with Gasteiger partial charge in [0.1, 0.15) is 0 Å². The summed E-state index contributed by atoms with van der Waals surface area (Å²) in [6.45, 7) is 0. The molecule has 0 aliphatic carbocycles. The smallest absolute Gasteiger partial charge is 0.336 e. The Morgan fingerprint density at radius 1 is 1.04 bits per heavy atom. The first-order chi connectivity index (χ1) is 13.0. The predicted octanol–water partition coefficient (Wildman–Crippen LogP) is 3.90. The number of aromatic nitrogens is 1. The zero-order valence-corrected chi connectivity index (χ0v) is 16.4. The van der Waals surface area contributed by atoms with E-state index in [0.717, 1.165) is 15.9 Å². The molecule has 3 aromatic rings. The fourth-order valence-electron chi connectivity index (χ4n) is 2.81. The number of aliphatic hydroxyl groups is 1. The normalized spacial score (nSPS) is 14.6. The SMILES string of the molecule is O=C(O)C(O)(Cc1ccccc1)C[PH](=O)CSc1ccc2ccccc2n1. The van der Waals surface area contributed by atoms with E-state index in [0.29, 0.717) is 5.56 Å². The van der Waals surface area contributed by atoms with Crippen LogP contribution in [0.2, 0.25) is 0 Å². The van der Waals surface area contributed by atoms with E-state index in [1.54, 1.807) is 24.3 Å². The number of nitrogens with zero attached hydrogens (tertiary/aromatic N) is 1. The molecule has 0 saturated carbocycles. The number of carbonyl (C=O) groups is 1. The van der Waals surface area contributed by atoms with Gasteiger partial charge in [-0.15, -0.1) is 0 Å². The monoisotopic (exact) mass is 401 g/mol. The first-order valence-corrected chi connectivity index (χ1v) is 11.3. The summed E-state index contributed by atoms with van der Waals surface area (Å²) >= 11 is 1.32. The second-order valence-corrected chi connectivity index (χ2v) is 9.64. The van der Waals surface area contributed by atoms with Gasteiger partial charge in [0.25, 0.3) is 0 Å². The van der Waals surface area contributed by atoms with Crippen molar-refractivity contribution in [2.45, 2.75) is 17.0 Å². The van der Waals surface area contributed by atoms with Gasteiger partial charge in [-0.3, -0.25) is 0 Å². The summed E-state index contributed by atoms with van der Waals surface area (Å²) in [6, 6.07) is 20.4. The number of carboxylic acid groups (broad SMARTS) is 1. The van der Waals surface area contributed by atoms with Gasteiger partial charge in [0.05, 0.1) is 23.8 Å². The Morgan fingerprint density at radius 3 is 2.48 bits per heavy atom. The largest absolute Gasteiger partial charge is 0.479 e. The molecular weight excluding hydrogens is 381 g/mol. The van der Waals surface area contributed by atoms with E-state index in [1.807, 2.05) is 42.5 Å². The molecule has 2 unspecified atom stereocenters. The van der Waals surface area contributed by atoms with E-state index in [4.69, 9.17) is 0 Å². The van der Waals surface area contributed by atoms with Crippen LogP contribution in [0, 0.1) is 0 Å². The quantitative estimate of drug-likeness (QED) is 0.440. The third kappa shape index (κ3) is 5.19. The Bertz CT molecular complexity index is 966. The molecule has 3 rings (SSSR count). The second-order valence-electron chi connectivity index (χ2n) is 6.35. The molecule has 2 N–H and O–H groups in total. The van der Waals surface area contributed by atoms with E-state index in [9.17, 15) is 19.6 Å². The number of pyridine rings is 1. The Balaban J connectivity index is 1.64. The maximum absolute atomic E-state index is 12.5. The van der Waals surface area contributed by atoms with Crippen molar-refractivity contribution >= 4 is 36.4 Å². The number of aliphatic carboxylic acids is 1. The van der Waals surface area contributed by atoms with Crippen LogP contribution in [0.3, 0.4) is 0 Å². The fourth-order valence-corrected chi connectivity index (χ4v) is 5.71. The van der Waals surface area contributed by atoms with Crippen molar-refractivity contribution in [2.75, 3.05) is 11.7 Å². The van der Waals surface area contributed by atoms with Crippen molar-refractivity contribution in [3.63, 3.8) is 0 Å². The third-order valence-corrected chi connectivity index (χ3v) is 7.55. The van der Waals surface area contributed by atoms with Crippen LogP contribution >= 0.6 is 19.6 Å². The van der Waals surface area contributed by atoms with Crippen LogP contribution < -0.4 is 0 Å². The minimum atomic E-state index is -2.32. The van der Waals surface area contributed by atoms with Gasteiger partial charge in [0.15, 0.2) is 5.60 Å². The highest BCUT2D eigenvalue weighted by Gasteiger charge is 2.37. The molecule has 0 radical (unpaired) electrons. The zero-order valence-electron chi connectivity index (χ0n) is 14.5. The first kappa shape index (κ1) is 19.6. The first-order valence-electron chi connectivity index (χ1n) is 8.46. The number of rotatable bonds is 8. The van der Waals surface area contributed by atoms with Crippen molar-refractivity contribution in [1.29, 1.82) is 0 Å². The average Bonchev–Trinajstić information content (AvgIpc) is 2.67. The standard InChI is InChI=1S/C20H20NO4PS/c22-19(23)20(24,12-15-6-2-1-3-7-15)13-26(25)14-27-18-11-10-16-8-4-5-9-17(16)21-18/h1-11,24,26H,12-14H2,(H,22,23). The Morgan fingerprint density at radius 2 is 1.74 bits per heavy atom. The average molecular weight is 401 g/mol. The van der Waals surface area contributed by atoms with E-state index in [1.165, 1.54) is 11.8 Å². The van der Waals surface area contributed by atoms with Crippen molar-refractivity contribution in [3.05, 3.63) is 72.3 Å². The van der Waals surface area contributed by atoms with Crippen molar-refractivity contribution < 1.29 is 19.6 Å². The van der Waals surface area contributed by atoms with Crippen LogP contribution in [0.1, 0.15) is 5.56 Å². The topological polar surface area (TPSA) is 87.5 Å². The van der Waals surface area contributed by atoms with Gasteiger partial charge in [-0.05, 0) is 17.7 Å². The summed E-state index contributed by atoms with van der Waals surface area (Å²) in [5, 5.41) is 21.8. The lowest BCUT2D eigenvalue weighted by atomic mass is 9.97. The highest BCUT2D eigenvalue weighted by molar-refractivity contribution is 8.03. The molecule has 0 aliphatic heterocycles. The molecule has 1 aromatic heterocycles. The van der Waals surface area contributed by atoms with Crippen LogP contribution in [0.25, 0.3) is 10.9 Å². The molecule has 27 heavy (non-hydrogen) atoms. The van der Waals surface area contributed by atoms with Gasteiger partial charge in [-0.25, -0.2) is 9.78 Å². The number of hydrogen-bond donors (Lipinski definition) is 2. The summed E-state index contributed by atoms with van der Waals surface area (Å²) in [5.41, 5.74) is -0.246. The minimum absolute atomic E-state index is 0.0710. The molecule has 0 bridgehead atoms. The molecule has 7 heteroatoms. The van der Waals surface area contributed by atoms with Crippen LogP contribution in [0.15, 0.2) is 71.8 Å². The lowest BCUT2D eigenvalue weighted by molar-refractivity contribution is -0.155. The van der Waals surface area contributed by atoms with Crippen LogP contribution in [0.4, 0.5) is 0 Å².